The predicted molar refractivity (Wildman–Crippen MR) is 136 cm³/mol. The molecular formula is C26H26BrN5O2. The van der Waals surface area contributed by atoms with Gasteiger partial charge in [-0.2, -0.15) is 0 Å². The Morgan fingerprint density at radius 2 is 1.94 bits per heavy atom. The summed E-state index contributed by atoms with van der Waals surface area (Å²) in [6.07, 6.45) is 3.57. The smallest absolute Gasteiger partial charge is 0.374 e. The molecule has 1 unspecified atom stereocenters. The number of nitrogens with one attached hydrogen (secondary N) is 1. The number of carbonyl (C=O) groups is 1. The van der Waals surface area contributed by atoms with Crippen LogP contribution in [0.2, 0.25) is 0 Å². The minimum atomic E-state index is -1.17. The molecule has 2 heterocycles. The molecule has 1 aliphatic rings. The number of aromatic nitrogens is 4. The van der Waals surface area contributed by atoms with E-state index in [2.05, 4.69) is 60.9 Å². The zero-order valence-corrected chi connectivity index (χ0v) is 20.7. The van der Waals surface area contributed by atoms with Gasteiger partial charge in [0.05, 0.1) is 0 Å². The molecule has 1 aliphatic carbocycles. The minimum absolute atomic E-state index is 0.173. The van der Waals surface area contributed by atoms with Crippen LogP contribution in [-0.4, -0.2) is 36.6 Å². The number of imidazole rings is 1. The van der Waals surface area contributed by atoms with Crippen molar-refractivity contribution >= 4 is 38.9 Å². The third-order valence-corrected chi connectivity index (χ3v) is 7.07. The normalized spacial score (nSPS) is 14.7. The highest BCUT2D eigenvalue weighted by atomic mass is 79.9. The van der Waals surface area contributed by atoms with Gasteiger partial charge >= 0.3 is 5.97 Å². The zero-order valence-electron chi connectivity index (χ0n) is 19.1. The summed E-state index contributed by atoms with van der Waals surface area (Å²) >= 11 is 3.50. The summed E-state index contributed by atoms with van der Waals surface area (Å²) in [6, 6.07) is 16.5. The fraction of sp³-hybridized carbons (Fsp3) is 0.308. The van der Waals surface area contributed by atoms with Crippen LogP contribution < -0.4 is 5.32 Å². The number of fused-ring (bicyclic) bond motifs is 1. The number of benzene rings is 2. The highest BCUT2D eigenvalue weighted by Crippen LogP contribution is 2.34. The molecule has 0 spiro atoms. The van der Waals surface area contributed by atoms with Gasteiger partial charge in [0.15, 0.2) is 11.5 Å². The fourth-order valence-corrected chi connectivity index (χ4v) is 4.70. The second kappa shape index (κ2) is 9.18. The van der Waals surface area contributed by atoms with E-state index >= 15 is 0 Å². The Bertz CT molecular complexity index is 1360. The number of aromatic carboxylic acids is 1. The molecular weight excluding hydrogens is 494 g/mol. The second-order valence-corrected chi connectivity index (χ2v) is 9.93. The molecule has 8 heteroatoms. The number of hydrogen-bond acceptors (Lipinski definition) is 5. The van der Waals surface area contributed by atoms with Crippen LogP contribution in [0, 0.1) is 12.8 Å². The average molecular weight is 520 g/mol. The van der Waals surface area contributed by atoms with E-state index in [0.717, 1.165) is 32.5 Å². The van der Waals surface area contributed by atoms with Crippen LogP contribution in [0.5, 0.6) is 0 Å². The SMILES string of the molecule is Cc1cccc(-c2nc3nc(C(=O)O)nc(NC(C)C4CCC4)c3n2Cc2ccc(Br)cc2)c1. The van der Waals surface area contributed by atoms with Gasteiger partial charge in [-0.3, -0.25) is 0 Å². The topological polar surface area (TPSA) is 92.9 Å². The molecule has 2 N–H and O–H groups in total. The summed E-state index contributed by atoms with van der Waals surface area (Å²) in [5.41, 5.74) is 4.26. The molecule has 34 heavy (non-hydrogen) atoms. The Labute approximate surface area is 206 Å². The van der Waals surface area contributed by atoms with Crippen molar-refractivity contribution in [1.82, 2.24) is 19.5 Å². The van der Waals surface area contributed by atoms with E-state index in [-0.39, 0.29) is 11.9 Å². The summed E-state index contributed by atoms with van der Waals surface area (Å²) in [7, 11) is 0. The van der Waals surface area contributed by atoms with Gasteiger partial charge in [-0.25, -0.2) is 19.7 Å². The third kappa shape index (κ3) is 4.42. The number of carboxylic acids is 1. The Morgan fingerprint density at radius 3 is 2.59 bits per heavy atom. The molecule has 2 aromatic carbocycles. The van der Waals surface area contributed by atoms with Gasteiger partial charge in [-0.1, -0.05) is 58.2 Å². The standard InChI is InChI=1S/C26H26BrN5O2/c1-15-5-3-8-19(13-15)25-31-23-21(32(25)14-17-9-11-20(27)12-10-17)22(29-24(30-23)26(33)34)28-16(2)18-6-4-7-18/h3,5,8-13,16,18H,4,6-7,14H2,1-2H3,(H,33,34)(H,28,29,30). The molecule has 1 saturated carbocycles. The molecule has 0 aliphatic heterocycles. The van der Waals surface area contributed by atoms with Crippen LogP contribution in [-0.2, 0) is 6.54 Å². The molecule has 7 nitrogen and oxygen atoms in total. The first-order valence-electron chi connectivity index (χ1n) is 11.5. The molecule has 4 aromatic rings. The van der Waals surface area contributed by atoms with Crippen molar-refractivity contribution in [2.45, 2.75) is 45.7 Å². The Kier molecular flexibility index (Phi) is 6.08. The van der Waals surface area contributed by atoms with Crippen molar-refractivity contribution in [1.29, 1.82) is 0 Å². The van der Waals surface area contributed by atoms with E-state index < -0.39 is 5.97 Å². The van der Waals surface area contributed by atoms with Gasteiger partial charge in [0.1, 0.15) is 11.3 Å². The number of rotatable bonds is 7. The van der Waals surface area contributed by atoms with Crippen LogP contribution in [0.1, 0.15) is 47.9 Å². The summed E-state index contributed by atoms with van der Waals surface area (Å²) in [5, 5.41) is 13.2. The molecule has 0 saturated heterocycles. The third-order valence-electron chi connectivity index (χ3n) is 6.55. The highest BCUT2D eigenvalue weighted by Gasteiger charge is 2.27. The Hall–Kier alpha value is -3.26. The van der Waals surface area contributed by atoms with Crippen molar-refractivity contribution in [3.8, 4) is 11.4 Å². The number of aryl methyl sites for hydroxylation is 1. The number of carboxylic acid groups (broad SMARTS) is 1. The van der Waals surface area contributed by atoms with Crippen LogP contribution >= 0.6 is 15.9 Å². The molecule has 174 valence electrons. The first kappa shape index (κ1) is 22.5. The molecule has 2 aromatic heterocycles. The maximum absolute atomic E-state index is 11.8. The second-order valence-electron chi connectivity index (χ2n) is 9.01. The number of halogens is 1. The van der Waals surface area contributed by atoms with Gasteiger partial charge in [0, 0.05) is 22.6 Å². The highest BCUT2D eigenvalue weighted by molar-refractivity contribution is 9.10. The van der Waals surface area contributed by atoms with Crippen molar-refractivity contribution in [3.63, 3.8) is 0 Å². The lowest BCUT2D eigenvalue weighted by Gasteiger charge is -2.32. The number of anilines is 1. The van der Waals surface area contributed by atoms with Crippen molar-refractivity contribution in [2.24, 2.45) is 5.92 Å². The Balaban J connectivity index is 1.71. The van der Waals surface area contributed by atoms with Crippen LogP contribution in [0.4, 0.5) is 5.82 Å². The zero-order chi connectivity index (χ0) is 23.8. The maximum atomic E-state index is 11.8. The average Bonchev–Trinajstić information content (AvgIpc) is 3.12. The first-order chi connectivity index (χ1) is 16.4. The summed E-state index contributed by atoms with van der Waals surface area (Å²) < 4.78 is 3.10. The fourth-order valence-electron chi connectivity index (χ4n) is 4.44. The number of nitrogens with zero attached hydrogens (tertiary/aromatic N) is 4. The molecule has 5 rings (SSSR count). The van der Waals surface area contributed by atoms with Gasteiger partial charge in [-0.05, 0) is 56.4 Å². The molecule has 0 radical (unpaired) electrons. The Morgan fingerprint density at radius 1 is 1.18 bits per heavy atom. The molecule has 0 amide bonds. The first-order valence-corrected chi connectivity index (χ1v) is 12.3. The van der Waals surface area contributed by atoms with Gasteiger partial charge in [0.2, 0.25) is 5.82 Å². The molecule has 0 bridgehead atoms. The lowest BCUT2D eigenvalue weighted by atomic mass is 9.80. The quantitative estimate of drug-likeness (QED) is 0.315. The lowest BCUT2D eigenvalue weighted by molar-refractivity contribution is 0.0684. The van der Waals surface area contributed by atoms with E-state index in [1.54, 1.807) is 0 Å². The van der Waals surface area contributed by atoms with E-state index in [1.165, 1.54) is 19.3 Å². The van der Waals surface area contributed by atoms with Gasteiger partial charge in [-0.15, -0.1) is 0 Å². The molecule has 1 fully saturated rings. The lowest BCUT2D eigenvalue weighted by Crippen LogP contribution is -2.31. The van der Waals surface area contributed by atoms with E-state index in [1.807, 2.05) is 37.3 Å². The van der Waals surface area contributed by atoms with Gasteiger partial charge < -0.3 is 15.0 Å². The summed E-state index contributed by atoms with van der Waals surface area (Å²) in [6.45, 7) is 4.73. The largest absolute Gasteiger partial charge is 0.475 e. The van der Waals surface area contributed by atoms with Crippen molar-refractivity contribution < 1.29 is 9.90 Å². The predicted octanol–water partition coefficient (Wildman–Crippen LogP) is 5.91. The van der Waals surface area contributed by atoms with Crippen molar-refractivity contribution in [2.75, 3.05) is 5.32 Å². The van der Waals surface area contributed by atoms with Crippen LogP contribution in [0.15, 0.2) is 53.0 Å². The molecule has 1 atom stereocenters. The monoisotopic (exact) mass is 519 g/mol. The van der Waals surface area contributed by atoms with E-state index in [0.29, 0.717) is 23.9 Å². The van der Waals surface area contributed by atoms with E-state index in [9.17, 15) is 9.90 Å². The number of hydrogen-bond donors (Lipinski definition) is 2. The van der Waals surface area contributed by atoms with Gasteiger partial charge in [0.25, 0.3) is 0 Å². The summed E-state index contributed by atoms with van der Waals surface area (Å²) in [4.78, 5) is 25.4. The maximum Gasteiger partial charge on any atom is 0.374 e. The minimum Gasteiger partial charge on any atom is -0.475 e. The van der Waals surface area contributed by atoms with Crippen LogP contribution in [0.25, 0.3) is 22.6 Å². The van der Waals surface area contributed by atoms with E-state index in [4.69, 9.17) is 4.98 Å². The summed E-state index contributed by atoms with van der Waals surface area (Å²) in [5.74, 6) is 0.390. The van der Waals surface area contributed by atoms with Crippen LogP contribution in [0.3, 0.4) is 0 Å². The van der Waals surface area contributed by atoms with Crippen molar-refractivity contribution in [3.05, 3.63) is 70.0 Å².